The molecule has 0 aliphatic heterocycles. The maximum atomic E-state index is 5.49. The van der Waals surface area contributed by atoms with Crippen molar-refractivity contribution in [2.75, 3.05) is 45.8 Å². The number of benzene rings is 1. The summed E-state index contributed by atoms with van der Waals surface area (Å²) in [7, 11) is 3.38. The van der Waals surface area contributed by atoms with Crippen LogP contribution in [0.2, 0.25) is 0 Å². The molecule has 1 aromatic carbocycles. The molecule has 1 rings (SSSR count). The molecule has 4 nitrogen and oxygen atoms in total. The number of nitrogens with zero attached hydrogens (tertiary/aromatic N) is 1. The molecule has 0 aromatic heterocycles. The first-order chi connectivity index (χ1) is 9.58. The third-order valence-corrected chi connectivity index (χ3v) is 3.41. The topological polar surface area (TPSA) is 33.7 Å². The first-order valence-electron chi connectivity index (χ1n) is 6.69. The highest BCUT2D eigenvalue weighted by molar-refractivity contribution is 7.80. The van der Waals surface area contributed by atoms with Crippen LogP contribution in [0.5, 0.6) is 0 Å². The van der Waals surface area contributed by atoms with Gasteiger partial charge < -0.3 is 19.7 Å². The molecule has 0 spiro atoms. The zero-order valence-corrected chi connectivity index (χ0v) is 13.5. The van der Waals surface area contributed by atoms with Crippen molar-refractivity contribution >= 4 is 23.0 Å². The first kappa shape index (κ1) is 16.9. The highest BCUT2D eigenvalue weighted by Crippen LogP contribution is 2.17. The Balaban J connectivity index is 2.70. The number of thiocarbonyl (C=S) groups is 1. The number of rotatable bonds is 7. The van der Waals surface area contributed by atoms with E-state index in [1.54, 1.807) is 14.2 Å². The number of nitrogens with one attached hydrogen (secondary N) is 1. The van der Waals surface area contributed by atoms with Gasteiger partial charge in [0.2, 0.25) is 0 Å². The standard InChI is InChI=1S/C15H24N2O2S/c1-12-5-6-13(2)14(11-12)16-15(20)17(7-9-18-3)8-10-19-4/h5-6,11H,7-10H2,1-4H3,(H,16,20). The minimum absolute atomic E-state index is 0.637. The van der Waals surface area contributed by atoms with Gasteiger partial charge in [0.15, 0.2) is 5.11 Å². The summed E-state index contributed by atoms with van der Waals surface area (Å²) in [6.07, 6.45) is 0. The smallest absolute Gasteiger partial charge is 0.173 e. The van der Waals surface area contributed by atoms with Gasteiger partial charge in [0.25, 0.3) is 0 Å². The second-order valence-corrected chi connectivity index (χ2v) is 5.11. The summed E-state index contributed by atoms with van der Waals surface area (Å²) >= 11 is 5.49. The molecule has 1 aromatic rings. The lowest BCUT2D eigenvalue weighted by Crippen LogP contribution is -2.39. The van der Waals surface area contributed by atoms with Crippen LogP contribution in [0.15, 0.2) is 18.2 Å². The first-order valence-corrected chi connectivity index (χ1v) is 7.10. The van der Waals surface area contributed by atoms with Crippen molar-refractivity contribution in [2.24, 2.45) is 0 Å². The fourth-order valence-corrected chi connectivity index (χ4v) is 2.08. The number of hydrogen-bond donors (Lipinski definition) is 1. The third kappa shape index (κ3) is 5.45. The van der Waals surface area contributed by atoms with Gasteiger partial charge in [-0.15, -0.1) is 0 Å². The van der Waals surface area contributed by atoms with Gasteiger partial charge in [0.05, 0.1) is 13.2 Å². The van der Waals surface area contributed by atoms with Crippen LogP contribution in [-0.4, -0.2) is 50.5 Å². The maximum Gasteiger partial charge on any atom is 0.173 e. The Kier molecular flexibility index (Phi) is 7.51. The van der Waals surface area contributed by atoms with E-state index in [0.717, 1.165) is 18.8 Å². The van der Waals surface area contributed by atoms with E-state index in [9.17, 15) is 0 Å². The zero-order valence-electron chi connectivity index (χ0n) is 12.7. The summed E-state index contributed by atoms with van der Waals surface area (Å²) in [5.74, 6) is 0. The molecule has 0 amide bonds. The van der Waals surface area contributed by atoms with Crippen LogP contribution in [0.25, 0.3) is 0 Å². The van der Waals surface area contributed by atoms with Crippen molar-refractivity contribution < 1.29 is 9.47 Å². The minimum atomic E-state index is 0.637. The molecule has 0 aliphatic rings. The Hall–Kier alpha value is -1.17. The summed E-state index contributed by atoms with van der Waals surface area (Å²) in [5, 5.41) is 4.02. The summed E-state index contributed by atoms with van der Waals surface area (Å²) < 4.78 is 10.3. The van der Waals surface area contributed by atoms with Gasteiger partial charge in [0, 0.05) is 33.0 Å². The molecular weight excluding hydrogens is 272 g/mol. The van der Waals surface area contributed by atoms with Crippen LogP contribution in [0.1, 0.15) is 11.1 Å². The lowest BCUT2D eigenvalue weighted by Gasteiger charge is -2.26. The van der Waals surface area contributed by atoms with Gasteiger partial charge in [-0.3, -0.25) is 0 Å². The average Bonchev–Trinajstić information content (AvgIpc) is 2.43. The highest BCUT2D eigenvalue weighted by atomic mass is 32.1. The number of hydrogen-bond acceptors (Lipinski definition) is 3. The van der Waals surface area contributed by atoms with Crippen LogP contribution < -0.4 is 5.32 Å². The molecule has 112 valence electrons. The third-order valence-electron chi connectivity index (χ3n) is 3.05. The van der Waals surface area contributed by atoms with Crippen molar-refractivity contribution in [1.29, 1.82) is 0 Å². The highest BCUT2D eigenvalue weighted by Gasteiger charge is 2.10. The molecule has 0 aliphatic carbocycles. The number of ether oxygens (including phenoxy) is 2. The van der Waals surface area contributed by atoms with Crippen LogP contribution in [0.4, 0.5) is 5.69 Å². The molecule has 0 radical (unpaired) electrons. The van der Waals surface area contributed by atoms with Gasteiger partial charge in [-0.2, -0.15) is 0 Å². The molecule has 0 bridgehead atoms. The monoisotopic (exact) mass is 296 g/mol. The number of anilines is 1. The van der Waals surface area contributed by atoms with Crippen molar-refractivity contribution in [3.63, 3.8) is 0 Å². The van der Waals surface area contributed by atoms with E-state index in [-0.39, 0.29) is 0 Å². The largest absolute Gasteiger partial charge is 0.383 e. The maximum absolute atomic E-state index is 5.49. The van der Waals surface area contributed by atoms with E-state index in [1.807, 2.05) is 0 Å². The SMILES string of the molecule is COCCN(CCOC)C(=S)Nc1cc(C)ccc1C. The molecule has 1 N–H and O–H groups in total. The number of methoxy groups -OCH3 is 2. The van der Waals surface area contributed by atoms with Gasteiger partial charge in [-0.1, -0.05) is 12.1 Å². The summed E-state index contributed by atoms with van der Waals surface area (Å²) in [5.41, 5.74) is 3.44. The number of aryl methyl sites for hydroxylation is 2. The molecule has 0 unspecified atom stereocenters. The van der Waals surface area contributed by atoms with Crippen molar-refractivity contribution in [1.82, 2.24) is 4.90 Å². The lowest BCUT2D eigenvalue weighted by atomic mass is 10.1. The van der Waals surface area contributed by atoms with Crippen LogP contribution in [-0.2, 0) is 9.47 Å². The fourth-order valence-electron chi connectivity index (χ4n) is 1.78. The lowest BCUT2D eigenvalue weighted by molar-refractivity contribution is 0.147. The molecular formula is C15H24N2O2S. The van der Waals surface area contributed by atoms with E-state index >= 15 is 0 Å². The second-order valence-electron chi connectivity index (χ2n) is 4.72. The molecule has 20 heavy (non-hydrogen) atoms. The Morgan fingerprint density at radius 2 is 1.75 bits per heavy atom. The van der Waals surface area contributed by atoms with Crippen molar-refractivity contribution in [3.05, 3.63) is 29.3 Å². The van der Waals surface area contributed by atoms with Crippen molar-refractivity contribution in [3.8, 4) is 0 Å². The van der Waals surface area contributed by atoms with Crippen LogP contribution >= 0.6 is 12.2 Å². The Labute approximate surface area is 127 Å². The van der Waals surface area contributed by atoms with E-state index in [1.165, 1.54) is 11.1 Å². The van der Waals surface area contributed by atoms with Gasteiger partial charge in [-0.25, -0.2) is 0 Å². The molecule has 5 heteroatoms. The molecule has 0 atom stereocenters. The van der Waals surface area contributed by atoms with E-state index in [4.69, 9.17) is 21.7 Å². The summed E-state index contributed by atoms with van der Waals surface area (Å²) in [6.45, 7) is 6.91. The molecule has 0 heterocycles. The molecule has 0 saturated heterocycles. The Morgan fingerprint density at radius 3 is 2.30 bits per heavy atom. The normalized spacial score (nSPS) is 10.4. The summed E-state index contributed by atoms with van der Waals surface area (Å²) in [4.78, 5) is 2.06. The quantitative estimate of drug-likeness (QED) is 0.782. The minimum Gasteiger partial charge on any atom is -0.383 e. The molecule has 0 fully saturated rings. The van der Waals surface area contributed by atoms with E-state index < -0.39 is 0 Å². The van der Waals surface area contributed by atoms with Crippen molar-refractivity contribution in [2.45, 2.75) is 13.8 Å². The molecule has 0 saturated carbocycles. The van der Waals surface area contributed by atoms with Gasteiger partial charge in [-0.05, 0) is 43.3 Å². The Bertz CT molecular complexity index is 430. The van der Waals surface area contributed by atoms with Gasteiger partial charge >= 0.3 is 0 Å². The van der Waals surface area contributed by atoms with Crippen LogP contribution in [0, 0.1) is 13.8 Å². The Morgan fingerprint density at radius 1 is 1.15 bits per heavy atom. The zero-order chi connectivity index (χ0) is 15.0. The van der Waals surface area contributed by atoms with E-state index in [0.29, 0.717) is 18.3 Å². The summed E-state index contributed by atoms with van der Waals surface area (Å²) in [6, 6.07) is 6.29. The van der Waals surface area contributed by atoms with E-state index in [2.05, 4.69) is 42.3 Å². The van der Waals surface area contributed by atoms with Gasteiger partial charge in [0.1, 0.15) is 0 Å². The predicted molar refractivity (Wildman–Crippen MR) is 87.5 cm³/mol. The predicted octanol–water partition coefficient (Wildman–Crippen LogP) is 2.60. The fraction of sp³-hybridized carbons (Fsp3) is 0.533. The average molecular weight is 296 g/mol. The second kappa shape index (κ2) is 8.89. The van der Waals surface area contributed by atoms with Crippen LogP contribution in [0.3, 0.4) is 0 Å².